The van der Waals surface area contributed by atoms with Gasteiger partial charge in [0.2, 0.25) is 11.0 Å². The molecule has 0 fully saturated rings. The molecule has 0 saturated heterocycles. The lowest BCUT2D eigenvalue weighted by Gasteiger charge is -2.04. The first kappa shape index (κ1) is 14.8. The number of anilines is 2. The predicted octanol–water partition coefficient (Wildman–Crippen LogP) is 2.87. The second-order valence-corrected chi connectivity index (χ2v) is 6.21. The number of carbonyl (C=O) groups is 1. The number of carbonyl (C=O) groups excluding carboxylic acids is 1. The van der Waals surface area contributed by atoms with Gasteiger partial charge < -0.3 is 10.6 Å². The number of nitrogens with one attached hydrogen (secondary N) is 2. The molecule has 2 rings (SSSR count). The Morgan fingerprint density at radius 2 is 2.05 bits per heavy atom. The van der Waals surface area contributed by atoms with E-state index in [1.807, 2.05) is 24.3 Å². The van der Waals surface area contributed by atoms with Crippen LogP contribution in [0.4, 0.5) is 10.8 Å². The number of amides is 1. The average Bonchev–Trinajstić information content (AvgIpc) is 2.94. The zero-order valence-corrected chi connectivity index (χ0v) is 13.0. The molecular weight excluding hydrogens is 292 g/mol. The third-order valence-electron chi connectivity index (χ3n) is 2.59. The fourth-order valence-corrected chi connectivity index (χ4v) is 3.02. The molecule has 106 valence electrons. The Hall–Kier alpha value is -1.60. The highest BCUT2D eigenvalue weighted by Gasteiger charge is 2.07. The molecule has 0 atom stereocenters. The lowest BCUT2D eigenvalue weighted by atomic mass is 10.1. The van der Waals surface area contributed by atoms with Gasteiger partial charge in [-0.25, -0.2) is 0 Å². The van der Waals surface area contributed by atoms with Crippen molar-refractivity contribution in [1.29, 1.82) is 0 Å². The van der Waals surface area contributed by atoms with Crippen LogP contribution in [-0.2, 0) is 11.2 Å². The maximum Gasteiger partial charge on any atom is 0.234 e. The van der Waals surface area contributed by atoms with Crippen molar-refractivity contribution in [2.45, 2.75) is 17.7 Å². The summed E-state index contributed by atoms with van der Waals surface area (Å²) in [6.07, 6.45) is 0.995. The van der Waals surface area contributed by atoms with E-state index in [-0.39, 0.29) is 5.91 Å². The van der Waals surface area contributed by atoms with Crippen LogP contribution in [0.5, 0.6) is 0 Å². The third kappa shape index (κ3) is 4.21. The molecule has 1 heterocycles. The highest BCUT2D eigenvalue weighted by atomic mass is 32.2. The molecule has 0 bridgehead atoms. The van der Waals surface area contributed by atoms with Crippen LogP contribution in [-0.4, -0.2) is 28.9 Å². The Bertz CT molecular complexity index is 568. The summed E-state index contributed by atoms with van der Waals surface area (Å²) < 4.78 is 0.783. The van der Waals surface area contributed by atoms with E-state index < -0.39 is 0 Å². The van der Waals surface area contributed by atoms with Crippen LogP contribution in [0.15, 0.2) is 28.6 Å². The SMILES string of the molecule is CCc1ccc(NC(=O)CSc2nnc(NC)s2)cc1. The van der Waals surface area contributed by atoms with Gasteiger partial charge >= 0.3 is 0 Å². The highest BCUT2D eigenvalue weighted by molar-refractivity contribution is 8.01. The molecule has 0 aliphatic carbocycles. The van der Waals surface area contributed by atoms with Gasteiger partial charge in [-0.15, -0.1) is 10.2 Å². The summed E-state index contributed by atoms with van der Waals surface area (Å²) in [6, 6.07) is 7.89. The third-order valence-corrected chi connectivity index (χ3v) is 4.67. The normalized spacial score (nSPS) is 10.3. The van der Waals surface area contributed by atoms with E-state index in [1.165, 1.54) is 28.7 Å². The summed E-state index contributed by atoms with van der Waals surface area (Å²) in [5.74, 6) is 0.286. The Labute approximate surface area is 126 Å². The maximum atomic E-state index is 11.8. The van der Waals surface area contributed by atoms with E-state index in [0.717, 1.165) is 21.6 Å². The second kappa shape index (κ2) is 7.25. The molecule has 20 heavy (non-hydrogen) atoms. The fourth-order valence-electron chi connectivity index (χ4n) is 1.52. The number of hydrogen-bond donors (Lipinski definition) is 2. The Morgan fingerprint density at radius 1 is 1.30 bits per heavy atom. The van der Waals surface area contributed by atoms with Gasteiger partial charge in [-0.3, -0.25) is 4.79 Å². The van der Waals surface area contributed by atoms with Gasteiger partial charge in [0.05, 0.1) is 5.75 Å². The summed E-state index contributed by atoms with van der Waals surface area (Å²) >= 11 is 2.82. The number of aryl methyl sites for hydroxylation is 1. The molecule has 0 aliphatic heterocycles. The summed E-state index contributed by atoms with van der Waals surface area (Å²) in [6.45, 7) is 2.10. The maximum absolute atomic E-state index is 11.8. The average molecular weight is 308 g/mol. The molecule has 2 N–H and O–H groups in total. The van der Waals surface area contributed by atoms with Crippen molar-refractivity contribution in [3.63, 3.8) is 0 Å². The van der Waals surface area contributed by atoms with Gasteiger partial charge in [0.25, 0.3) is 0 Å². The standard InChI is InChI=1S/C13H16N4OS2/c1-3-9-4-6-10(7-5-9)15-11(18)8-19-13-17-16-12(14-2)20-13/h4-7H,3,8H2,1-2H3,(H,14,16)(H,15,18). The Balaban J connectivity index is 1.82. The first-order chi connectivity index (χ1) is 9.71. The van der Waals surface area contributed by atoms with Crippen LogP contribution in [0.25, 0.3) is 0 Å². The zero-order valence-electron chi connectivity index (χ0n) is 11.3. The van der Waals surface area contributed by atoms with E-state index >= 15 is 0 Å². The molecular formula is C13H16N4OS2. The molecule has 7 heteroatoms. The Morgan fingerprint density at radius 3 is 2.65 bits per heavy atom. The zero-order chi connectivity index (χ0) is 14.4. The molecule has 0 aliphatic rings. The molecule has 2 aromatic rings. The molecule has 0 saturated carbocycles. The Kier molecular flexibility index (Phi) is 5.37. The van der Waals surface area contributed by atoms with Crippen molar-refractivity contribution in [2.75, 3.05) is 23.4 Å². The fraction of sp³-hybridized carbons (Fsp3) is 0.308. The minimum absolute atomic E-state index is 0.0412. The van der Waals surface area contributed by atoms with Crippen LogP contribution in [0.3, 0.4) is 0 Å². The van der Waals surface area contributed by atoms with Crippen molar-refractivity contribution in [3.05, 3.63) is 29.8 Å². The van der Waals surface area contributed by atoms with Crippen LogP contribution < -0.4 is 10.6 Å². The summed E-state index contributed by atoms with van der Waals surface area (Å²) in [5.41, 5.74) is 2.08. The first-order valence-corrected chi connectivity index (χ1v) is 8.04. The summed E-state index contributed by atoms with van der Waals surface area (Å²) in [5, 5.41) is 14.4. The quantitative estimate of drug-likeness (QED) is 0.803. The monoisotopic (exact) mass is 308 g/mol. The topological polar surface area (TPSA) is 66.9 Å². The number of benzene rings is 1. The molecule has 0 radical (unpaired) electrons. The minimum atomic E-state index is -0.0412. The van der Waals surface area contributed by atoms with Crippen LogP contribution in [0, 0.1) is 0 Å². The first-order valence-electron chi connectivity index (χ1n) is 6.24. The van der Waals surface area contributed by atoms with Gasteiger partial charge in [0, 0.05) is 12.7 Å². The van der Waals surface area contributed by atoms with Gasteiger partial charge in [-0.2, -0.15) is 0 Å². The van der Waals surface area contributed by atoms with Crippen molar-refractivity contribution in [3.8, 4) is 0 Å². The van der Waals surface area contributed by atoms with Crippen LogP contribution in [0.2, 0.25) is 0 Å². The number of rotatable bonds is 6. The van der Waals surface area contributed by atoms with E-state index in [0.29, 0.717) is 5.75 Å². The number of nitrogens with zero attached hydrogens (tertiary/aromatic N) is 2. The highest BCUT2D eigenvalue weighted by Crippen LogP contribution is 2.25. The largest absolute Gasteiger partial charge is 0.363 e. The van der Waals surface area contributed by atoms with Gasteiger partial charge in [0.15, 0.2) is 4.34 Å². The smallest absolute Gasteiger partial charge is 0.234 e. The van der Waals surface area contributed by atoms with E-state index in [1.54, 1.807) is 7.05 Å². The predicted molar refractivity (Wildman–Crippen MR) is 84.6 cm³/mol. The van der Waals surface area contributed by atoms with Crippen molar-refractivity contribution >= 4 is 39.8 Å². The van der Waals surface area contributed by atoms with E-state index in [2.05, 4.69) is 27.8 Å². The molecule has 1 aromatic carbocycles. The van der Waals surface area contributed by atoms with Crippen molar-refractivity contribution < 1.29 is 4.79 Å². The van der Waals surface area contributed by atoms with Crippen molar-refractivity contribution in [2.24, 2.45) is 0 Å². The number of thioether (sulfide) groups is 1. The molecule has 1 amide bonds. The molecule has 1 aromatic heterocycles. The lowest BCUT2D eigenvalue weighted by Crippen LogP contribution is -2.13. The molecule has 0 spiro atoms. The van der Waals surface area contributed by atoms with Crippen LogP contribution in [0.1, 0.15) is 12.5 Å². The van der Waals surface area contributed by atoms with Crippen LogP contribution >= 0.6 is 23.1 Å². The van der Waals surface area contributed by atoms with Crippen molar-refractivity contribution in [1.82, 2.24) is 10.2 Å². The minimum Gasteiger partial charge on any atom is -0.363 e. The summed E-state index contributed by atoms with van der Waals surface area (Å²) in [7, 11) is 1.79. The second-order valence-electron chi connectivity index (χ2n) is 4.01. The molecule has 5 nitrogen and oxygen atoms in total. The number of aromatic nitrogens is 2. The van der Waals surface area contributed by atoms with E-state index in [9.17, 15) is 4.79 Å². The van der Waals surface area contributed by atoms with E-state index in [4.69, 9.17) is 0 Å². The van der Waals surface area contributed by atoms with Gasteiger partial charge in [-0.05, 0) is 24.1 Å². The number of hydrogen-bond acceptors (Lipinski definition) is 6. The van der Waals surface area contributed by atoms with Gasteiger partial charge in [0.1, 0.15) is 0 Å². The van der Waals surface area contributed by atoms with Gasteiger partial charge in [-0.1, -0.05) is 42.2 Å². The summed E-state index contributed by atoms with van der Waals surface area (Å²) in [4.78, 5) is 11.8. The molecule has 0 unspecified atom stereocenters. The lowest BCUT2D eigenvalue weighted by molar-refractivity contribution is -0.113.